The molecule has 0 aromatic carbocycles. The summed E-state index contributed by atoms with van der Waals surface area (Å²) >= 11 is 3.37. The van der Waals surface area contributed by atoms with E-state index in [9.17, 15) is 4.79 Å². The number of hydrogen-bond acceptors (Lipinski definition) is 2. The molecule has 0 saturated heterocycles. The van der Waals surface area contributed by atoms with Crippen LogP contribution in [-0.4, -0.2) is 10.9 Å². The number of halogens is 1. The molecule has 1 aromatic rings. The first-order chi connectivity index (χ1) is 8.19. The largest absolute Gasteiger partial charge is 0.325 e. The number of rotatable bonds is 6. The lowest BCUT2D eigenvalue weighted by atomic mass is 9.97. The third-order valence-corrected chi connectivity index (χ3v) is 3.31. The number of carbonyl (C=O) groups is 1. The van der Waals surface area contributed by atoms with Gasteiger partial charge < -0.3 is 5.32 Å². The summed E-state index contributed by atoms with van der Waals surface area (Å²) in [5.74, 6) is 0.227. The highest BCUT2D eigenvalue weighted by molar-refractivity contribution is 9.10. The van der Waals surface area contributed by atoms with E-state index in [4.69, 9.17) is 0 Å². The molecule has 0 spiro atoms. The van der Waals surface area contributed by atoms with E-state index in [0.717, 1.165) is 35.8 Å². The van der Waals surface area contributed by atoms with Crippen LogP contribution in [0.15, 0.2) is 22.9 Å². The zero-order chi connectivity index (χ0) is 12.7. The van der Waals surface area contributed by atoms with Crippen LogP contribution in [0, 0.1) is 5.92 Å². The lowest BCUT2D eigenvalue weighted by molar-refractivity contribution is -0.120. The molecule has 0 saturated carbocycles. The van der Waals surface area contributed by atoms with Gasteiger partial charge in [0.1, 0.15) is 0 Å². The molecule has 0 radical (unpaired) electrons. The van der Waals surface area contributed by atoms with Crippen molar-refractivity contribution < 1.29 is 4.79 Å². The van der Waals surface area contributed by atoms with Crippen molar-refractivity contribution in [3.63, 3.8) is 0 Å². The second-order valence-electron chi connectivity index (χ2n) is 4.12. The van der Waals surface area contributed by atoms with E-state index >= 15 is 0 Å². The predicted molar refractivity (Wildman–Crippen MR) is 73.9 cm³/mol. The fourth-order valence-corrected chi connectivity index (χ4v) is 2.16. The van der Waals surface area contributed by atoms with Crippen LogP contribution in [0.25, 0.3) is 0 Å². The maximum atomic E-state index is 12.1. The number of nitrogens with zero attached hydrogens (tertiary/aromatic N) is 1. The highest BCUT2D eigenvalue weighted by Crippen LogP contribution is 2.22. The van der Waals surface area contributed by atoms with E-state index in [1.54, 1.807) is 18.5 Å². The molecule has 0 atom stereocenters. The van der Waals surface area contributed by atoms with Crippen molar-refractivity contribution in [1.29, 1.82) is 0 Å². The third kappa shape index (κ3) is 4.46. The number of hydrogen-bond donors (Lipinski definition) is 1. The van der Waals surface area contributed by atoms with Crippen LogP contribution >= 0.6 is 15.9 Å². The molecule has 0 aliphatic carbocycles. The Hall–Kier alpha value is -0.900. The van der Waals surface area contributed by atoms with Crippen LogP contribution < -0.4 is 5.32 Å². The molecule has 1 rings (SSSR count). The summed E-state index contributed by atoms with van der Waals surface area (Å²) in [5, 5.41) is 2.95. The molecule has 0 aliphatic rings. The average molecular weight is 299 g/mol. The zero-order valence-corrected chi connectivity index (χ0v) is 12.0. The van der Waals surface area contributed by atoms with Crippen molar-refractivity contribution in [2.75, 3.05) is 5.32 Å². The Bertz CT molecular complexity index is 362. The maximum Gasteiger partial charge on any atom is 0.227 e. The van der Waals surface area contributed by atoms with Crippen molar-refractivity contribution in [1.82, 2.24) is 4.98 Å². The van der Waals surface area contributed by atoms with Gasteiger partial charge in [-0.25, -0.2) is 0 Å². The molecule has 17 heavy (non-hydrogen) atoms. The van der Waals surface area contributed by atoms with Gasteiger partial charge >= 0.3 is 0 Å². The smallest absolute Gasteiger partial charge is 0.227 e. The number of pyridine rings is 1. The van der Waals surface area contributed by atoms with E-state index in [0.29, 0.717) is 0 Å². The molecule has 4 heteroatoms. The quantitative estimate of drug-likeness (QED) is 0.862. The van der Waals surface area contributed by atoms with Crippen molar-refractivity contribution in [2.24, 2.45) is 5.92 Å². The molecular weight excluding hydrogens is 280 g/mol. The average Bonchev–Trinajstić information content (AvgIpc) is 2.32. The summed E-state index contributed by atoms with van der Waals surface area (Å²) in [6.07, 6.45) is 7.33. The second kappa shape index (κ2) is 7.43. The topological polar surface area (TPSA) is 42.0 Å². The molecule has 0 unspecified atom stereocenters. The molecular formula is C13H19BrN2O. The van der Waals surface area contributed by atoms with Crippen molar-refractivity contribution >= 4 is 27.5 Å². The van der Waals surface area contributed by atoms with Crippen LogP contribution in [0.5, 0.6) is 0 Å². The Morgan fingerprint density at radius 1 is 1.41 bits per heavy atom. The maximum absolute atomic E-state index is 12.1. The standard InChI is InChI=1S/C13H19BrN2O/c1-3-5-10(6-4-2)13(17)16-12-7-8-15-9-11(12)14/h7-10H,3-6H2,1-2H3,(H,15,16,17). The van der Waals surface area contributed by atoms with E-state index in [2.05, 4.69) is 40.1 Å². The fraction of sp³-hybridized carbons (Fsp3) is 0.538. The van der Waals surface area contributed by atoms with Gasteiger partial charge in [-0.15, -0.1) is 0 Å². The van der Waals surface area contributed by atoms with Crippen LogP contribution in [0.3, 0.4) is 0 Å². The van der Waals surface area contributed by atoms with Gasteiger partial charge in [0.05, 0.1) is 10.2 Å². The van der Waals surface area contributed by atoms with Gasteiger partial charge in [-0.2, -0.15) is 0 Å². The Morgan fingerprint density at radius 2 is 2.06 bits per heavy atom. The van der Waals surface area contributed by atoms with E-state index in [-0.39, 0.29) is 11.8 Å². The summed E-state index contributed by atoms with van der Waals surface area (Å²) < 4.78 is 0.820. The first-order valence-corrected chi connectivity index (χ1v) is 6.88. The summed E-state index contributed by atoms with van der Waals surface area (Å²) in [7, 11) is 0. The van der Waals surface area contributed by atoms with Crippen LogP contribution in [0.2, 0.25) is 0 Å². The third-order valence-electron chi connectivity index (χ3n) is 2.68. The van der Waals surface area contributed by atoms with E-state index in [1.165, 1.54) is 0 Å². The Labute approximate surface area is 111 Å². The highest BCUT2D eigenvalue weighted by atomic mass is 79.9. The summed E-state index contributed by atoms with van der Waals surface area (Å²) in [4.78, 5) is 16.1. The first-order valence-electron chi connectivity index (χ1n) is 6.09. The number of amides is 1. The lowest BCUT2D eigenvalue weighted by Crippen LogP contribution is -2.22. The molecule has 0 aliphatic heterocycles. The molecule has 0 bridgehead atoms. The van der Waals surface area contributed by atoms with Crippen LogP contribution in [0.1, 0.15) is 39.5 Å². The molecule has 1 aromatic heterocycles. The van der Waals surface area contributed by atoms with Gasteiger partial charge in [-0.3, -0.25) is 9.78 Å². The fourth-order valence-electron chi connectivity index (χ4n) is 1.81. The van der Waals surface area contributed by atoms with Gasteiger partial charge in [0.15, 0.2) is 0 Å². The first kappa shape index (κ1) is 14.2. The van der Waals surface area contributed by atoms with Gasteiger partial charge in [-0.1, -0.05) is 26.7 Å². The highest BCUT2D eigenvalue weighted by Gasteiger charge is 2.17. The van der Waals surface area contributed by atoms with Crippen LogP contribution in [-0.2, 0) is 4.79 Å². The van der Waals surface area contributed by atoms with E-state index < -0.39 is 0 Å². The Balaban J connectivity index is 2.66. The number of nitrogens with one attached hydrogen (secondary N) is 1. The monoisotopic (exact) mass is 298 g/mol. The minimum Gasteiger partial charge on any atom is -0.325 e. The molecule has 94 valence electrons. The van der Waals surface area contributed by atoms with Crippen molar-refractivity contribution in [2.45, 2.75) is 39.5 Å². The van der Waals surface area contributed by atoms with Gasteiger partial charge in [0, 0.05) is 18.3 Å². The number of aromatic nitrogens is 1. The Kier molecular flexibility index (Phi) is 6.19. The molecule has 3 nitrogen and oxygen atoms in total. The normalized spacial score (nSPS) is 10.6. The van der Waals surface area contributed by atoms with Crippen molar-refractivity contribution in [3.8, 4) is 0 Å². The summed E-state index contributed by atoms with van der Waals surface area (Å²) in [6, 6.07) is 1.80. The number of anilines is 1. The summed E-state index contributed by atoms with van der Waals surface area (Å²) in [6.45, 7) is 4.22. The minimum absolute atomic E-state index is 0.112. The predicted octanol–water partition coefficient (Wildman–Crippen LogP) is 4.00. The summed E-state index contributed by atoms with van der Waals surface area (Å²) in [5.41, 5.74) is 0.794. The Morgan fingerprint density at radius 3 is 2.59 bits per heavy atom. The molecule has 1 N–H and O–H groups in total. The van der Waals surface area contributed by atoms with Gasteiger partial charge in [0.2, 0.25) is 5.91 Å². The second-order valence-corrected chi connectivity index (χ2v) is 4.97. The molecule has 1 heterocycles. The SMILES string of the molecule is CCCC(CCC)C(=O)Nc1ccncc1Br. The molecule has 1 amide bonds. The van der Waals surface area contributed by atoms with Crippen LogP contribution in [0.4, 0.5) is 5.69 Å². The lowest BCUT2D eigenvalue weighted by Gasteiger charge is -2.15. The zero-order valence-electron chi connectivity index (χ0n) is 10.4. The van der Waals surface area contributed by atoms with E-state index in [1.807, 2.05) is 0 Å². The minimum atomic E-state index is 0.112. The van der Waals surface area contributed by atoms with Gasteiger partial charge in [0.25, 0.3) is 0 Å². The number of carbonyl (C=O) groups excluding carboxylic acids is 1. The van der Waals surface area contributed by atoms with Gasteiger partial charge in [-0.05, 0) is 34.8 Å². The molecule has 0 fully saturated rings. The van der Waals surface area contributed by atoms with Crippen molar-refractivity contribution in [3.05, 3.63) is 22.9 Å².